The van der Waals surface area contributed by atoms with Gasteiger partial charge in [-0.25, -0.2) is 4.79 Å². The Kier molecular flexibility index (Phi) is 6.46. The summed E-state index contributed by atoms with van der Waals surface area (Å²) in [6.45, 7) is 3.63. The molecule has 0 aliphatic heterocycles. The molecule has 0 heterocycles. The van der Waals surface area contributed by atoms with E-state index in [1.807, 2.05) is 0 Å². The summed E-state index contributed by atoms with van der Waals surface area (Å²) in [5, 5.41) is 4.94. The van der Waals surface area contributed by atoms with Crippen LogP contribution < -0.4 is 10.2 Å². The quantitative estimate of drug-likeness (QED) is 0.437. The van der Waals surface area contributed by atoms with E-state index < -0.39 is 5.97 Å². The minimum atomic E-state index is -0.456. The van der Waals surface area contributed by atoms with Crippen molar-refractivity contribution in [1.29, 1.82) is 0 Å². The standard InChI is InChI=1S/C17H16Cl2N2O3/c1-3-23-17(22)11(2)20-21-13-5-7-14(8-6-13)24-16-9-4-12(18)10-15(16)19/h4-10,21H,3H2,1-2H3. The lowest BCUT2D eigenvalue weighted by Crippen LogP contribution is -2.15. The molecule has 2 rings (SSSR count). The lowest BCUT2D eigenvalue weighted by Gasteiger charge is -2.09. The Morgan fingerprint density at radius 2 is 1.88 bits per heavy atom. The largest absolute Gasteiger partial charge is 0.461 e. The van der Waals surface area contributed by atoms with Crippen molar-refractivity contribution in [2.75, 3.05) is 12.0 Å². The van der Waals surface area contributed by atoms with Gasteiger partial charge < -0.3 is 9.47 Å². The molecule has 0 radical (unpaired) electrons. The average molecular weight is 367 g/mol. The summed E-state index contributed by atoms with van der Waals surface area (Å²) in [5.41, 5.74) is 3.72. The van der Waals surface area contributed by atoms with Crippen molar-refractivity contribution in [3.8, 4) is 11.5 Å². The third-order valence-corrected chi connectivity index (χ3v) is 3.43. The second-order valence-electron chi connectivity index (χ2n) is 4.73. The van der Waals surface area contributed by atoms with Gasteiger partial charge in [-0.2, -0.15) is 5.10 Å². The number of nitrogens with one attached hydrogen (secondary N) is 1. The summed E-state index contributed by atoms with van der Waals surface area (Å²) >= 11 is 11.9. The van der Waals surface area contributed by atoms with Gasteiger partial charge >= 0.3 is 5.97 Å². The first kappa shape index (κ1) is 18.1. The number of esters is 1. The summed E-state index contributed by atoms with van der Waals surface area (Å²) in [7, 11) is 0. The van der Waals surface area contributed by atoms with E-state index >= 15 is 0 Å². The number of hydrazone groups is 1. The SMILES string of the molecule is CCOC(=O)C(C)=NNc1ccc(Oc2ccc(Cl)cc2Cl)cc1. The average Bonchev–Trinajstić information content (AvgIpc) is 2.56. The molecule has 0 aliphatic carbocycles. The van der Waals surface area contributed by atoms with Crippen LogP contribution in [0.2, 0.25) is 10.0 Å². The number of halogens is 2. The molecule has 0 aliphatic rings. The summed E-state index contributed by atoms with van der Waals surface area (Å²) in [6, 6.07) is 12.0. The Morgan fingerprint density at radius 3 is 2.50 bits per heavy atom. The maximum atomic E-state index is 11.4. The highest BCUT2D eigenvalue weighted by molar-refractivity contribution is 6.36. The lowest BCUT2D eigenvalue weighted by atomic mass is 10.3. The number of benzene rings is 2. The Hall–Kier alpha value is -2.24. The van der Waals surface area contributed by atoms with Gasteiger partial charge in [-0.3, -0.25) is 5.43 Å². The molecule has 0 bridgehead atoms. The zero-order chi connectivity index (χ0) is 17.5. The number of carbonyl (C=O) groups excluding carboxylic acids is 1. The number of carbonyl (C=O) groups is 1. The fourth-order valence-electron chi connectivity index (χ4n) is 1.71. The zero-order valence-corrected chi connectivity index (χ0v) is 14.7. The van der Waals surface area contributed by atoms with Crippen LogP contribution >= 0.6 is 23.2 Å². The molecule has 2 aromatic carbocycles. The number of hydrogen-bond acceptors (Lipinski definition) is 5. The monoisotopic (exact) mass is 366 g/mol. The van der Waals surface area contributed by atoms with Gasteiger partial charge in [0.15, 0.2) is 0 Å². The number of rotatable bonds is 6. The molecule has 0 spiro atoms. The predicted molar refractivity (Wildman–Crippen MR) is 96.3 cm³/mol. The number of ether oxygens (including phenoxy) is 2. The van der Waals surface area contributed by atoms with Crippen LogP contribution in [0.5, 0.6) is 11.5 Å². The molecule has 2 aromatic rings. The van der Waals surface area contributed by atoms with Gasteiger partial charge in [-0.05, 0) is 56.3 Å². The smallest absolute Gasteiger partial charge is 0.354 e. The van der Waals surface area contributed by atoms with Crippen LogP contribution in [-0.2, 0) is 9.53 Å². The molecule has 0 saturated heterocycles. The second kappa shape index (κ2) is 8.57. The lowest BCUT2D eigenvalue weighted by molar-refractivity contribution is -0.135. The van der Waals surface area contributed by atoms with Gasteiger partial charge in [-0.1, -0.05) is 23.2 Å². The van der Waals surface area contributed by atoms with E-state index in [9.17, 15) is 4.79 Å². The summed E-state index contributed by atoms with van der Waals surface area (Å²) in [4.78, 5) is 11.4. The fourth-order valence-corrected chi connectivity index (χ4v) is 2.16. The first-order valence-electron chi connectivity index (χ1n) is 7.20. The van der Waals surface area contributed by atoms with Gasteiger partial charge in [0.25, 0.3) is 0 Å². The topological polar surface area (TPSA) is 59.9 Å². The van der Waals surface area contributed by atoms with Crippen molar-refractivity contribution in [3.63, 3.8) is 0 Å². The van der Waals surface area contributed by atoms with E-state index in [0.717, 1.165) is 0 Å². The fraction of sp³-hybridized carbons (Fsp3) is 0.176. The van der Waals surface area contributed by atoms with Crippen LogP contribution in [0.3, 0.4) is 0 Å². The maximum Gasteiger partial charge on any atom is 0.354 e. The van der Waals surface area contributed by atoms with E-state index in [1.165, 1.54) is 0 Å². The normalized spacial score (nSPS) is 11.1. The Morgan fingerprint density at radius 1 is 1.17 bits per heavy atom. The van der Waals surface area contributed by atoms with E-state index in [4.69, 9.17) is 32.7 Å². The van der Waals surface area contributed by atoms with Crippen LogP contribution in [-0.4, -0.2) is 18.3 Å². The molecule has 7 heteroatoms. The van der Waals surface area contributed by atoms with Gasteiger partial charge in [0, 0.05) is 5.02 Å². The molecule has 0 aromatic heterocycles. The highest BCUT2D eigenvalue weighted by Gasteiger charge is 2.06. The van der Waals surface area contributed by atoms with Gasteiger partial charge in [-0.15, -0.1) is 0 Å². The Balaban J connectivity index is 2.00. The van der Waals surface area contributed by atoms with Crippen molar-refractivity contribution in [2.24, 2.45) is 5.10 Å². The minimum absolute atomic E-state index is 0.241. The first-order valence-corrected chi connectivity index (χ1v) is 7.95. The van der Waals surface area contributed by atoms with Gasteiger partial charge in [0.05, 0.1) is 17.3 Å². The van der Waals surface area contributed by atoms with Crippen molar-refractivity contribution in [1.82, 2.24) is 0 Å². The van der Waals surface area contributed by atoms with Crippen LogP contribution in [0.25, 0.3) is 0 Å². The van der Waals surface area contributed by atoms with E-state index in [1.54, 1.807) is 56.3 Å². The number of anilines is 1. The summed E-state index contributed by atoms with van der Waals surface area (Å²) < 4.78 is 10.5. The molecule has 126 valence electrons. The molecule has 0 atom stereocenters. The van der Waals surface area contributed by atoms with Crippen molar-refractivity contribution < 1.29 is 14.3 Å². The molecule has 5 nitrogen and oxygen atoms in total. The van der Waals surface area contributed by atoms with Crippen molar-refractivity contribution in [3.05, 3.63) is 52.5 Å². The van der Waals surface area contributed by atoms with Crippen LogP contribution in [0.1, 0.15) is 13.8 Å². The molecular formula is C17H16Cl2N2O3. The van der Waals surface area contributed by atoms with E-state index in [2.05, 4.69) is 10.5 Å². The maximum absolute atomic E-state index is 11.4. The van der Waals surface area contributed by atoms with Crippen LogP contribution in [0, 0.1) is 0 Å². The highest BCUT2D eigenvalue weighted by Crippen LogP contribution is 2.31. The van der Waals surface area contributed by atoms with Crippen LogP contribution in [0.15, 0.2) is 47.6 Å². The summed E-state index contributed by atoms with van der Waals surface area (Å²) in [5.74, 6) is 0.663. The number of nitrogens with zero attached hydrogens (tertiary/aromatic N) is 1. The Labute approximate surface area is 150 Å². The minimum Gasteiger partial charge on any atom is -0.461 e. The third kappa shape index (κ3) is 5.15. The predicted octanol–water partition coefficient (Wildman–Crippen LogP) is 5.14. The second-order valence-corrected chi connectivity index (χ2v) is 5.57. The molecule has 24 heavy (non-hydrogen) atoms. The number of hydrogen-bond donors (Lipinski definition) is 1. The van der Waals surface area contributed by atoms with Crippen molar-refractivity contribution in [2.45, 2.75) is 13.8 Å². The van der Waals surface area contributed by atoms with Crippen LogP contribution in [0.4, 0.5) is 5.69 Å². The third-order valence-electron chi connectivity index (χ3n) is 2.90. The molecular weight excluding hydrogens is 351 g/mol. The summed E-state index contributed by atoms with van der Waals surface area (Å²) in [6.07, 6.45) is 0. The van der Waals surface area contributed by atoms with Gasteiger partial charge in [0.1, 0.15) is 17.2 Å². The first-order chi connectivity index (χ1) is 11.5. The van der Waals surface area contributed by atoms with E-state index in [0.29, 0.717) is 33.8 Å². The molecule has 1 N–H and O–H groups in total. The molecule has 0 fully saturated rings. The highest BCUT2D eigenvalue weighted by atomic mass is 35.5. The molecule has 0 saturated carbocycles. The molecule has 0 amide bonds. The Bertz CT molecular complexity index is 746. The van der Waals surface area contributed by atoms with Crippen molar-refractivity contribution >= 4 is 40.6 Å². The van der Waals surface area contributed by atoms with Gasteiger partial charge in [0.2, 0.25) is 0 Å². The van der Waals surface area contributed by atoms with E-state index in [-0.39, 0.29) is 5.71 Å². The zero-order valence-electron chi connectivity index (χ0n) is 13.2. The molecule has 0 unspecified atom stereocenters.